The number of carboxylic acid groups (broad SMARTS) is 1. The molecule has 0 aliphatic carbocycles. The van der Waals surface area contributed by atoms with E-state index in [1.165, 1.54) is 0 Å². The maximum absolute atomic E-state index is 13.0. The van der Waals surface area contributed by atoms with E-state index in [4.69, 9.17) is 17.3 Å². The average molecular weight is 550 g/mol. The van der Waals surface area contributed by atoms with Gasteiger partial charge in [0.1, 0.15) is 21.8 Å². The quantitative estimate of drug-likeness (QED) is 0.106. The molecule has 3 amide bonds. The van der Waals surface area contributed by atoms with Crippen LogP contribution in [-0.4, -0.2) is 92.3 Å². The van der Waals surface area contributed by atoms with Gasteiger partial charge in [-0.2, -0.15) is 0 Å². The van der Waals surface area contributed by atoms with Gasteiger partial charge in [0.2, 0.25) is 5.91 Å². The van der Waals surface area contributed by atoms with Gasteiger partial charge in [0.15, 0.2) is 10.8 Å². The van der Waals surface area contributed by atoms with Crippen LogP contribution in [0.2, 0.25) is 4.34 Å². The summed E-state index contributed by atoms with van der Waals surface area (Å²) in [5.41, 5.74) is 5.68. The number of carboxylic acids is 1. The van der Waals surface area contributed by atoms with Gasteiger partial charge in [-0.3, -0.25) is 19.3 Å². The van der Waals surface area contributed by atoms with Crippen molar-refractivity contribution in [3.05, 3.63) is 32.9 Å². The van der Waals surface area contributed by atoms with Gasteiger partial charge in [-0.05, 0) is 43.9 Å². The van der Waals surface area contributed by atoms with Crippen LogP contribution in [0.15, 0.2) is 28.1 Å². The fraction of sp³-hybridized carbons (Fsp3) is 0.455. The van der Waals surface area contributed by atoms with Gasteiger partial charge < -0.3 is 31.6 Å². The minimum Gasteiger partial charge on any atom is -0.477 e. The number of nitrogens with two attached hydrogens (primary N) is 1. The number of aromatic nitrogens is 1. The molecule has 0 radical (unpaired) electrons. The molecule has 3 atom stereocenters. The van der Waals surface area contributed by atoms with Crippen LogP contribution in [0.5, 0.6) is 0 Å². The Morgan fingerprint density at radius 1 is 1.30 bits per heavy atom. The lowest BCUT2D eigenvalue weighted by atomic mass is 9.82. The first-order chi connectivity index (χ1) is 17.7. The lowest BCUT2D eigenvalue weighted by Crippen LogP contribution is -2.72. The molecule has 0 unspecified atom stereocenters. The van der Waals surface area contributed by atoms with Crippen LogP contribution in [-0.2, 0) is 19.2 Å². The van der Waals surface area contributed by atoms with E-state index in [1.54, 1.807) is 6.08 Å². The van der Waals surface area contributed by atoms with Gasteiger partial charge in [-0.1, -0.05) is 28.1 Å². The number of aliphatic carboxylic acids is 1. The number of nitrogen functional groups attached to an aromatic ring is 1. The van der Waals surface area contributed by atoms with Crippen molar-refractivity contribution in [1.82, 2.24) is 25.4 Å². The number of carbonyl (C=O) groups is 4. The van der Waals surface area contributed by atoms with E-state index in [9.17, 15) is 29.5 Å². The largest absolute Gasteiger partial charge is 0.477 e. The molecule has 5 heterocycles. The maximum atomic E-state index is 13.0. The number of nitrogens with zero attached hydrogens (tertiary/aromatic N) is 4. The number of nitrogens with one attached hydrogen (secondary N) is 2. The van der Waals surface area contributed by atoms with Crippen molar-refractivity contribution in [3.8, 4) is 0 Å². The molecule has 13 nitrogen and oxygen atoms in total. The molecular weight excluding hydrogens is 526 g/mol. The van der Waals surface area contributed by atoms with Crippen LogP contribution < -0.4 is 16.4 Å². The van der Waals surface area contributed by atoms with Gasteiger partial charge in [-0.15, -0.1) is 0 Å². The van der Waals surface area contributed by atoms with Gasteiger partial charge >= 0.3 is 5.97 Å². The van der Waals surface area contributed by atoms with Crippen molar-refractivity contribution in [2.75, 3.05) is 25.4 Å². The predicted octanol–water partition coefficient (Wildman–Crippen LogP) is -0.0943. The number of likely N-dealkylation sites (tertiary alicyclic amines) is 1. The zero-order valence-corrected chi connectivity index (χ0v) is 21.0. The zero-order chi connectivity index (χ0) is 26.4. The third-order valence-electron chi connectivity index (χ3n) is 7.09. The summed E-state index contributed by atoms with van der Waals surface area (Å²) in [6, 6.07) is -1.51. The first-order valence-electron chi connectivity index (χ1n) is 11.7. The Balaban J connectivity index is 1.34. The number of thiazole rings is 1. The Hall–Kier alpha value is -3.49. The molecule has 1 aromatic rings. The molecule has 0 saturated carbocycles. The van der Waals surface area contributed by atoms with E-state index < -0.39 is 35.6 Å². The Kier molecular flexibility index (Phi) is 6.64. The first-order valence-corrected chi connectivity index (χ1v) is 12.9. The number of carbonyl (C=O) groups excluding carboxylic acids is 3. The average Bonchev–Trinajstić information content (AvgIpc) is 3.59. The summed E-state index contributed by atoms with van der Waals surface area (Å²) >= 11 is 6.89. The summed E-state index contributed by atoms with van der Waals surface area (Å²) in [7, 11) is 0. The molecule has 4 aliphatic rings. The highest BCUT2D eigenvalue weighted by Gasteiger charge is 2.53. The summed E-state index contributed by atoms with van der Waals surface area (Å²) in [5, 5.41) is 28.0. The number of halogens is 1. The molecular formula is C22H24ClN7O6S. The number of allylic oxidation sites excluding steroid dienone is 2. The second-order valence-electron chi connectivity index (χ2n) is 9.13. The third kappa shape index (κ3) is 4.34. The van der Waals surface area contributed by atoms with E-state index >= 15 is 0 Å². The molecule has 15 heteroatoms. The fourth-order valence-corrected chi connectivity index (χ4v) is 6.27. The summed E-state index contributed by atoms with van der Waals surface area (Å²) in [5.74, 6) is -2.92. The smallest absolute Gasteiger partial charge is 0.352 e. The van der Waals surface area contributed by atoms with E-state index in [0.717, 1.165) is 35.7 Å². The summed E-state index contributed by atoms with van der Waals surface area (Å²) in [6.07, 6.45) is 3.67. The van der Waals surface area contributed by atoms with E-state index in [0.29, 0.717) is 37.0 Å². The third-order valence-corrected chi connectivity index (χ3v) is 8.17. The summed E-state index contributed by atoms with van der Waals surface area (Å²) in [6.45, 7) is 2.17. The van der Waals surface area contributed by atoms with Crippen LogP contribution in [0.3, 0.4) is 0 Å². The molecule has 5 rings (SSSR count). The van der Waals surface area contributed by atoms with Crippen molar-refractivity contribution in [2.24, 2.45) is 5.16 Å². The molecule has 3 fully saturated rings. The number of oxime groups is 1. The standard InChI is InChI=1S/C22H24ClN7O6S/c23-17-14(27-22(24)37-17)15(28-36)18(31)26-13-12-2-1-9(16(21(34)35)30(12)20(13)33)7-10-4-6-29(19(10)32)11-3-5-25-8-11/h7,11-13,25,36H,1-6,8H2,(H2,24,27)(H,26,31)(H,34,35)/b10-7+,28-15-/t11-,12-,13+/m1/s1. The normalized spacial score (nSPS) is 27.1. The second-order valence-corrected chi connectivity index (χ2v) is 10.8. The Morgan fingerprint density at radius 3 is 2.70 bits per heavy atom. The van der Waals surface area contributed by atoms with Crippen molar-refractivity contribution >= 4 is 57.5 Å². The molecule has 37 heavy (non-hydrogen) atoms. The van der Waals surface area contributed by atoms with Crippen molar-refractivity contribution in [2.45, 2.75) is 43.8 Å². The number of hydrogen-bond acceptors (Lipinski definition) is 10. The highest BCUT2D eigenvalue weighted by Crippen LogP contribution is 2.38. The number of amides is 3. The zero-order valence-electron chi connectivity index (χ0n) is 19.4. The lowest BCUT2D eigenvalue weighted by Gasteiger charge is -2.50. The van der Waals surface area contributed by atoms with Crippen molar-refractivity contribution in [3.63, 3.8) is 0 Å². The van der Waals surface area contributed by atoms with Gasteiger partial charge in [-0.25, -0.2) is 9.78 Å². The Labute approximate surface area is 219 Å². The monoisotopic (exact) mass is 549 g/mol. The van der Waals surface area contributed by atoms with Crippen molar-refractivity contribution in [1.29, 1.82) is 0 Å². The summed E-state index contributed by atoms with van der Waals surface area (Å²) < 4.78 is 0.0395. The topological polar surface area (TPSA) is 191 Å². The molecule has 1 aromatic heterocycles. The number of anilines is 1. The Bertz CT molecular complexity index is 1280. The first kappa shape index (κ1) is 25.2. The van der Waals surface area contributed by atoms with E-state index in [-0.39, 0.29) is 32.8 Å². The van der Waals surface area contributed by atoms with Gasteiger partial charge in [0.25, 0.3) is 11.8 Å². The molecule has 3 saturated heterocycles. The highest BCUT2D eigenvalue weighted by molar-refractivity contribution is 7.19. The van der Waals surface area contributed by atoms with Crippen LogP contribution >= 0.6 is 22.9 Å². The Morgan fingerprint density at radius 2 is 2.08 bits per heavy atom. The lowest BCUT2D eigenvalue weighted by molar-refractivity contribution is -0.155. The molecule has 6 N–H and O–H groups in total. The summed E-state index contributed by atoms with van der Waals surface area (Å²) in [4.78, 5) is 57.7. The highest BCUT2D eigenvalue weighted by atomic mass is 35.5. The van der Waals surface area contributed by atoms with E-state index in [2.05, 4.69) is 20.8 Å². The predicted molar refractivity (Wildman–Crippen MR) is 132 cm³/mol. The van der Waals surface area contributed by atoms with E-state index in [1.807, 2.05) is 4.90 Å². The number of fused-ring (bicyclic) bond motifs is 1. The number of β-lactam (4-membered cyclic amide) rings is 1. The molecule has 0 bridgehead atoms. The minimum absolute atomic E-state index is 0.0395. The van der Waals surface area contributed by atoms with Gasteiger partial charge in [0, 0.05) is 24.7 Å². The van der Waals surface area contributed by atoms with Crippen LogP contribution in [0.4, 0.5) is 5.13 Å². The molecule has 196 valence electrons. The SMILES string of the molecule is Nc1nc(/C(=N/O)C(=O)N[C@@H]2C(=O)N3C(C(=O)O)=C(/C=C4\CCN([C@@H]5CCNC5)C4=O)CC[C@H]23)c(Cl)s1. The van der Waals surface area contributed by atoms with Gasteiger partial charge in [0.05, 0.1) is 6.04 Å². The minimum atomic E-state index is -1.29. The van der Waals surface area contributed by atoms with Crippen molar-refractivity contribution < 1.29 is 29.5 Å². The number of hydrogen-bond donors (Lipinski definition) is 5. The number of rotatable bonds is 6. The van der Waals surface area contributed by atoms with Crippen LogP contribution in [0, 0.1) is 0 Å². The molecule has 4 aliphatic heterocycles. The second kappa shape index (κ2) is 9.76. The molecule has 0 spiro atoms. The van der Waals surface area contributed by atoms with Crippen LogP contribution in [0.1, 0.15) is 31.4 Å². The van der Waals surface area contributed by atoms with Crippen LogP contribution in [0.25, 0.3) is 0 Å². The molecule has 0 aromatic carbocycles. The maximum Gasteiger partial charge on any atom is 0.352 e. The fourth-order valence-electron chi connectivity index (χ4n) is 5.34.